The number of piperazine rings is 1. The number of hydrogen-bond acceptors (Lipinski definition) is 9. The maximum absolute atomic E-state index is 12.2. The van der Waals surface area contributed by atoms with Gasteiger partial charge in [-0.05, 0) is 43.3 Å². The lowest BCUT2D eigenvalue weighted by Gasteiger charge is -2.36. The first-order chi connectivity index (χ1) is 15.2. The van der Waals surface area contributed by atoms with Gasteiger partial charge in [-0.3, -0.25) is 9.69 Å². The first-order valence-electron chi connectivity index (χ1n) is 10.2. The van der Waals surface area contributed by atoms with Crippen LogP contribution in [-0.2, 0) is 0 Å². The highest BCUT2D eigenvalue weighted by Gasteiger charge is 2.18. The van der Waals surface area contributed by atoms with Crippen molar-refractivity contribution < 1.29 is 14.1 Å². The average Bonchev–Trinajstić information content (AvgIpc) is 3.33. The van der Waals surface area contributed by atoms with Gasteiger partial charge in [-0.15, -0.1) is 0 Å². The van der Waals surface area contributed by atoms with E-state index in [4.69, 9.17) is 9.26 Å². The quantitative estimate of drug-likeness (QED) is 0.539. The van der Waals surface area contributed by atoms with Crippen LogP contribution < -0.4 is 15.0 Å². The summed E-state index contributed by atoms with van der Waals surface area (Å²) >= 11 is 0. The minimum absolute atomic E-state index is 0.0679. The molecule has 4 rings (SSSR count). The number of nitrogens with one attached hydrogen (secondary N) is 1. The van der Waals surface area contributed by atoms with E-state index in [1.165, 1.54) is 12.0 Å². The van der Waals surface area contributed by atoms with Gasteiger partial charge in [-0.2, -0.15) is 4.98 Å². The lowest BCUT2D eigenvalue weighted by Crippen LogP contribution is -2.47. The standard InChI is InChI=1S/C21H25N7O3/c1-30-17-5-3-16(4-6-17)28-13-11-27(12-14-28)10-2-8-23-20(29)21-25-19(26-31-21)18-7-9-22-15-24-18/h3-7,9,15H,2,8,10-14H2,1H3,(H,23,29). The first-order valence-corrected chi connectivity index (χ1v) is 10.2. The summed E-state index contributed by atoms with van der Waals surface area (Å²) in [5.74, 6) is 0.691. The van der Waals surface area contributed by atoms with Crippen molar-refractivity contribution >= 4 is 11.6 Å². The van der Waals surface area contributed by atoms with Crippen molar-refractivity contribution in [2.45, 2.75) is 6.42 Å². The fraction of sp³-hybridized carbons (Fsp3) is 0.381. The highest BCUT2D eigenvalue weighted by Crippen LogP contribution is 2.20. The molecule has 0 spiro atoms. The molecule has 0 saturated carbocycles. The number of nitrogens with zero attached hydrogens (tertiary/aromatic N) is 6. The zero-order chi connectivity index (χ0) is 21.5. The van der Waals surface area contributed by atoms with Crippen LogP contribution in [0.4, 0.5) is 5.69 Å². The van der Waals surface area contributed by atoms with Gasteiger partial charge in [0.25, 0.3) is 0 Å². The molecule has 0 bridgehead atoms. The fourth-order valence-corrected chi connectivity index (χ4v) is 3.45. The molecule has 10 heteroatoms. The highest BCUT2D eigenvalue weighted by molar-refractivity contribution is 5.89. The van der Waals surface area contributed by atoms with E-state index in [2.05, 4.69) is 47.4 Å². The number of amides is 1. The second-order valence-corrected chi connectivity index (χ2v) is 7.15. The van der Waals surface area contributed by atoms with Gasteiger partial charge >= 0.3 is 11.8 Å². The molecular formula is C21H25N7O3. The van der Waals surface area contributed by atoms with Crippen molar-refractivity contribution in [1.82, 2.24) is 30.3 Å². The molecule has 1 saturated heterocycles. The summed E-state index contributed by atoms with van der Waals surface area (Å²) in [5, 5.41) is 6.63. The summed E-state index contributed by atoms with van der Waals surface area (Å²) in [6.45, 7) is 5.41. The Morgan fingerprint density at radius 1 is 1.16 bits per heavy atom. The monoisotopic (exact) mass is 423 g/mol. The molecule has 1 aliphatic heterocycles. The predicted octanol–water partition coefficient (Wildman–Crippen LogP) is 1.48. The third-order valence-electron chi connectivity index (χ3n) is 5.18. The third-order valence-corrected chi connectivity index (χ3v) is 5.18. The molecular weight excluding hydrogens is 398 g/mol. The SMILES string of the molecule is COc1ccc(N2CCN(CCCNC(=O)c3nc(-c4ccncn4)no3)CC2)cc1. The molecule has 2 aromatic heterocycles. The van der Waals surface area contributed by atoms with Gasteiger partial charge in [-0.25, -0.2) is 9.97 Å². The average molecular weight is 423 g/mol. The lowest BCUT2D eigenvalue weighted by molar-refractivity contribution is 0.0907. The summed E-state index contributed by atoms with van der Waals surface area (Å²) in [5.41, 5.74) is 1.72. The summed E-state index contributed by atoms with van der Waals surface area (Å²) < 4.78 is 10.3. The van der Waals surface area contributed by atoms with Gasteiger partial charge in [0.05, 0.1) is 7.11 Å². The Morgan fingerprint density at radius 3 is 2.68 bits per heavy atom. The van der Waals surface area contributed by atoms with E-state index in [1.807, 2.05) is 12.1 Å². The topological polar surface area (TPSA) is 110 Å². The Hall–Kier alpha value is -3.53. The summed E-state index contributed by atoms with van der Waals surface area (Å²) in [4.78, 5) is 29.0. The van der Waals surface area contributed by atoms with E-state index in [0.717, 1.165) is 44.9 Å². The van der Waals surface area contributed by atoms with Crippen molar-refractivity contribution in [3.05, 3.63) is 48.7 Å². The number of anilines is 1. The van der Waals surface area contributed by atoms with Crippen molar-refractivity contribution in [2.24, 2.45) is 0 Å². The van der Waals surface area contributed by atoms with Crippen LogP contribution in [0.2, 0.25) is 0 Å². The Labute approximate surface area is 180 Å². The Morgan fingerprint density at radius 2 is 1.97 bits per heavy atom. The second kappa shape index (κ2) is 9.98. The second-order valence-electron chi connectivity index (χ2n) is 7.15. The summed E-state index contributed by atoms with van der Waals surface area (Å²) in [7, 11) is 1.68. The van der Waals surface area contributed by atoms with Crippen LogP contribution in [0.15, 0.2) is 47.4 Å². The molecule has 1 aromatic carbocycles. The van der Waals surface area contributed by atoms with Crippen LogP contribution in [0.25, 0.3) is 11.5 Å². The molecule has 1 amide bonds. The Balaban J connectivity index is 1.16. The minimum atomic E-state index is -0.378. The Kier molecular flexibility index (Phi) is 6.68. The largest absolute Gasteiger partial charge is 0.497 e. The number of methoxy groups -OCH3 is 1. The Bertz CT molecular complexity index is 970. The van der Waals surface area contributed by atoms with Gasteiger partial charge in [0.1, 0.15) is 17.8 Å². The summed E-state index contributed by atoms with van der Waals surface area (Å²) in [6.07, 6.45) is 3.82. The van der Waals surface area contributed by atoms with Gasteiger partial charge in [-0.1, -0.05) is 5.16 Å². The van der Waals surface area contributed by atoms with Crippen LogP contribution in [0.3, 0.4) is 0 Å². The number of carbonyl (C=O) groups is 1. The van der Waals surface area contributed by atoms with Crippen molar-refractivity contribution in [3.8, 4) is 17.3 Å². The molecule has 31 heavy (non-hydrogen) atoms. The maximum Gasteiger partial charge on any atom is 0.316 e. The van der Waals surface area contributed by atoms with Gasteiger partial charge in [0.2, 0.25) is 5.82 Å². The summed E-state index contributed by atoms with van der Waals surface area (Å²) in [6, 6.07) is 9.82. The zero-order valence-corrected chi connectivity index (χ0v) is 17.4. The third kappa shape index (κ3) is 5.34. The van der Waals surface area contributed by atoms with Crippen LogP contribution in [0.5, 0.6) is 5.75 Å². The van der Waals surface area contributed by atoms with Crippen LogP contribution in [0.1, 0.15) is 17.1 Å². The van der Waals surface area contributed by atoms with E-state index in [9.17, 15) is 4.79 Å². The number of aromatic nitrogens is 4. The molecule has 0 atom stereocenters. The van der Waals surface area contributed by atoms with E-state index < -0.39 is 0 Å². The maximum atomic E-state index is 12.2. The molecule has 0 unspecified atom stereocenters. The molecule has 0 aliphatic carbocycles. The molecule has 1 fully saturated rings. The van der Waals surface area contributed by atoms with Gasteiger partial charge in [0.15, 0.2) is 0 Å². The fourth-order valence-electron chi connectivity index (χ4n) is 3.45. The van der Waals surface area contributed by atoms with Crippen molar-refractivity contribution in [1.29, 1.82) is 0 Å². The number of carbonyl (C=O) groups excluding carboxylic acids is 1. The molecule has 3 aromatic rings. The van der Waals surface area contributed by atoms with Crippen LogP contribution in [0, 0.1) is 0 Å². The molecule has 10 nitrogen and oxygen atoms in total. The molecule has 3 heterocycles. The first kappa shape index (κ1) is 20.7. The van der Waals surface area contributed by atoms with Crippen molar-refractivity contribution in [3.63, 3.8) is 0 Å². The van der Waals surface area contributed by atoms with Crippen LogP contribution in [-0.4, -0.2) is 77.3 Å². The smallest absolute Gasteiger partial charge is 0.316 e. The lowest BCUT2D eigenvalue weighted by atomic mass is 10.2. The number of ether oxygens (including phenoxy) is 1. The van der Waals surface area contributed by atoms with Gasteiger partial charge < -0.3 is 19.5 Å². The zero-order valence-electron chi connectivity index (χ0n) is 17.4. The molecule has 162 valence electrons. The molecule has 1 aliphatic rings. The van der Waals surface area contributed by atoms with E-state index in [0.29, 0.717) is 12.2 Å². The normalized spacial score (nSPS) is 14.4. The number of hydrogen-bond donors (Lipinski definition) is 1. The van der Waals surface area contributed by atoms with E-state index >= 15 is 0 Å². The highest BCUT2D eigenvalue weighted by atomic mass is 16.5. The molecule has 1 N–H and O–H groups in total. The van der Waals surface area contributed by atoms with Crippen LogP contribution >= 0.6 is 0 Å². The molecule has 0 radical (unpaired) electrons. The van der Waals surface area contributed by atoms with E-state index in [-0.39, 0.29) is 17.6 Å². The minimum Gasteiger partial charge on any atom is -0.497 e. The number of rotatable bonds is 8. The van der Waals surface area contributed by atoms with E-state index in [1.54, 1.807) is 19.4 Å². The van der Waals surface area contributed by atoms with Gasteiger partial charge in [0, 0.05) is 44.6 Å². The predicted molar refractivity (Wildman–Crippen MR) is 114 cm³/mol. The van der Waals surface area contributed by atoms with Crippen molar-refractivity contribution in [2.75, 3.05) is 51.3 Å². The number of benzene rings is 1.